The summed E-state index contributed by atoms with van der Waals surface area (Å²) in [6.07, 6.45) is 0. The normalized spacial score (nSPS) is 10.3. The van der Waals surface area contributed by atoms with E-state index in [4.69, 9.17) is 0 Å². The molecule has 138 valence electrons. The summed E-state index contributed by atoms with van der Waals surface area (Å²) in [5.41, 5.74) is 4.37. The third-order valence-corrected chi connectivity index (χ3v) is 4.27. The van der Waals surface area contributed by atoms with Gasteiger partial charge < -0.3 is 15.5 Å². The molecule has 2 aromatic carbocycles. The molecule has 5 heteroatoms. The van der Waals surface area contributed by atoms with E-state index in [-0.39, 0.29) is 18.4 Å². The first-order chi connectivity index (χ1) is 12.4. The van der Waals surface area contributed by atoms with Gasteiger partial charge in [-0.2, -0.15) is 0 Å². The molecular weight excluding hydrogens is 326 g/mol. The number of anilines is 2. The summed E-state index contributed by atoms with van der Waals surface area (Å²) in [4.78, 5) is 26.4. The molecule has 0 aromatic heterocycles. The monoisotopic (exact) mass is 353 g/mol. The molecule has 0 aliphatic heterocycles. The van der Waals surface area contributed by atoms with Crippen molar-refractivity contribution < 1.29 is 9.59 Å². The number of nitrogens with zero attached hydrogens (tertiary/aromatic N) is 1. The number of hydrogen-bond donors (Lipinski definition) is 2. The maximum atomic E-state index is 12.4. The minimum Gasteiger partial charge on any atom is -0.376 e. The lowest BCUT2D eigenvalue weighted by molar-refractivity contribution is -0.114. The Kier molecular flexibility index (Phi) is 6.78. The Hall–Kier alpha value is -2.82. The summed E-state index contributed by atoms with van der Waals surface area (Å²) in [5.74, 6) is -0.129. The molecule has 2 rings (SSSR count). The highest BCUT2D eigenvalue weighted by Crippen LogP contribution is 2.16. The van der Waals surface area contributed by atoms with Gasteiger partial charge in [0.25, 0.3) is 5.91 Å². The standard InChI is InChI=1S/C21H27N3O2/c1-5-24(6-2)21(26)17-8-7-9-18(13-17)22-14-20(25)23-19-11-10-15(3)12-16(19)4/h7-13,22H,5-6,14H2,1-4H3,(H,23,25). The first-order valence-electron chi connectivity index (χ1n) is 8.95. The molecule has 0 saturated carbocycles. The van der Waals surface area contributed by atoms with Crippen molar-refractivity contribution in [3.05, 3.63) is 59.2 Å². The van der Waals surface area contributed by atoms with Crippen LogP contribution < -0.4 is 10.6 Å². The van der Waals surface area contributed by atoms with Crippen molar-refractivity contribution in [2.24, 2.45) is 0 Å². The van der Waals surface area contributed by atoms with Gasteiger partial charge in [-0.1, -0.05) is 23.8 Å². The van der Waals surface area contributed by atoms with Gasteiger partial charge in [0.15, 0.2) is 0 Å². The average molecular weight is 353 g/mol. The molecule has 0 spiro atoms. The molecule has 0 aliphatic carbocycles. The predicted molar refractivity (Wildman–Crippen MR) is 107 cm³/mol. The first kappa shape index (κ1) is 19.5. The zero-order chi connectivity index (χ0) is 19.1. The van der Waals surface area contributed by atoms with Crippen LogP contribution in [0, 0.1) is 13.8 Å². The van der Waals surface area contributed by atoms with Gasteiger partial charge in [0.2, 0.25) is 5.91 Å². The lowest BCUT2D eigenvalue weighted by Crippen LogP contribution is -2.30. The second-order valence-electron chi connectivity index (χ2n) is 6.28. The highest BCUT2D eigenvalue weighted by molar-refractivity contribution is 5.96. The molecule has 0 heterocycles. The van der Waals surface area contributed by atoms with Gasteiger partial charge in [-0.25, -0.2) is 0 Å². The third-order valence-electron chi connectivity index (χ3n) is 4.27. The Morgan fingerprint density at radius 3 is 2.38 bits per heavy atom. The summed E-state index contributed by atoms with van der Waals surface area (Å²) < 4.78 is 0. The largest absolute Gasteiger partial charge is 0.376 e. The van der Waals surface area contributed by atoms with Gasteiger partial charge in [0, 0.05) is 30.0 Å². The van der Waals surface area contributed by atoms with Crippen LogP contribution in [-0.2, 0) is 4.79 Å². The van der Waals surface area contributed by atoms with E-state index in [1.165, 1.54) is 0 Å². The second-order valence-corrected chi connectivity index (χ2v) is 6.28. The third kappa shape index (κ3) is 5.09. The summed E-state index contributed by atoms with van der Waals surface area (Å²) in [6.45, 7) is 9.39. The Labute approximate surface area is 155 Å². The molecule has 5 nitrogen and oxygen atoms in total. The highest BCUT2D eigenvalue weighted by Gasteiger charge is 2.13. The molecule has 2 N–H and O–H groups in total. The number of carbonyl (C=O) groups is 2. The summed E-state index contributed by atoms with van der Waals surface area (Å²) in [5, 5.41) is 5.99. The first-order valence-corrected chi connectivity index (χ1v) is 8.95. The number of rotatable bonds is 7. The van der Waals surface area contributed by atoms with Crippen LogP contribution in [0.1, 0.15) is 35.3 Å². The van der Waals surface area contributed by atoms with Gasteiger partial charge in [0.1, 0.15) is 0 Å². The summed E-state index contributed by atoms with van der Waals surface area (Å²) in [6, 6.07) is 13.2. The molecule has 26 heavy (non-hydrogen) atoms. The fraction of sp³-hybridized carbons (Fsp3) is 0.333. The smallest absolute Gasteiger partial charge is 0.253 e. The maximum absolute atomic E-state index is 12.4. The molecule has 2 amide bonds. The summed E-state index contributed by atoms with van der Waals surface area (Å²) >= 11 is 0. The van der Waals surface area contributed by atoms with Crippen LogP contribution in [0.4, 0.5) is 11.4 Å². The SMILES string of the molecule is CCN(CC)C(=O)c1cccc(NCC(=O)Nc2ccc(C)cc2C)c1. The number of nitrogens with one attached hydrogen (secondary N) is 2. The van der Waals surface area contributed by atoms with Crippen LogP contribution in [-0.4, -0.2) is 36.3 Å². The molecule has 0 atom stereocenters. The van der Waals surface area contributed by atoms with Gasteiger partial charge in [-0.15, -0.1) is 0 Å². The number of benzene rings is 2. The molecule has 0 unspecified atom stereocenters. The van der Waals surface area contributed by atoms with E-state index in [1.54, 1.807) is 17.0 Å². The van der Waals surface area contributed by atoms with E-state index in [9.17, 15) is 9.59 Å². The zero-order valence-electron chi connectivity index (χ0n) is 15.9. The van der Waals surface area contributed by atoms with Gasteiger partial charge in [-0.3, -0.25) is 9.59 Å². The molecular formula is C21H27N3O2. The van der Waals surface area contributed by atoms with Crippen molar-refractivity contribution in [3.63, 3.8) is 0 Å². The summed E-state index contributed by atoms with van der Waals surface area (Å²) in [7, 11) is 0. The molecule has 0 radical (unpaired) electrons. The van der Waals surface area contributed by atoms with Gasteiger partial charge in [-0.05, 0) is 57.5 Å². The second kappa shape index (κ2) is 9.04. The van der Waals surface area contributed by atoms with Crippen molar-refractivity contribution in [1.82, 2.24) is 4.90 Å². The Balaban J connectivity index is 1.97. The van der Waals surface area contributed by atoms with E-state index in [0.29, 0.717) is 18.7 Å². The average Bonchev–Trinajstić information content (AvgIpc) is 2.63. The molecule has 0 saturated heterocycles. The zero-order valence-corrected chi connectivity index (χ0v) is 15.9. The van der Waals surface area contributed by atoms with Crippen LogP contribution >= 0.6 is 0 Å². The number of aryl methyl sites for hydroxylation is 2. The van der Waals surface area contributed by atoms with Crippen LogP contribution in [0.25, 0.3) is 0 Å². The maximum Gasteiger partial charge on any atom is 0.253 e. The van der Waals surface area contributed by atoms with Crippen LogP contribution in [0.2, 0.25) is 0 Å². The van der Waals surface area contributed by atoms with E-state index in [0.717, 1.165) is 22.5 Å². The van der Waals surface area contributed by atoms with Crippen molar-refractivity contribution in [1.29, 1.82) is 0 Å². The Bertz CT molecular complexity index is 783. The molecule has 2 aromatic rings. The minimum atomic E-state index is -0.127. The molecule has 0 aliphatic rings. The van der Waals surface area contributed by atoms with Crippen LogP contribution in [0.5, 0.6) is 0 Å². The number of hydrogen-bond acceptors (Lipinski definition) is 3. The van der Waals surface area contributed by atoms with E-state index in [1.807, 2.05) is 58.0 Å². The van der Waals surface area contributed by atoms with Crippen molar-refractivity contribution >= 4 is 23.2 Å². The fourth-order valence-electron chi connectivity index (χ4n) is 2.79. The number of carbonyl (C=O) groups excluding carboxylic acids is 2. The predicted octanol–water partition coefficient (Wildman–Crippen LogP) is 3.84. The highest BCUT2D eigenvalue weighted by atomic mass is 16.2. The van der Waals surface area contributed by atoms with E-state index in [2.05, 4.69) is 10.6 Å². The quantitative estimate of drug-likeness (QED) is 0.795. The number of amides is 2. The van der Waals surface area contributed by atoms with Gasteiger partial charge in [0.05, 0.1) is 6.54 Å². The lowest BCUT2D eigenvalue weighted by Gasteiger charge is -2.19. The lowest BCUT2D eigenvalue weighted by atomic mass is 10.1. The van der Waals surface area contributed by atoms with E-state index >= 15 is 0 Å². The Morgan fingerprint density at radius 1 is 1.00 bits per heavy atom. The van der Waals surface area contributed by atoms with Crippen LogP contribution in [0.3, 0.4) is 0 Å². The van der Waals surface area contributed by atoms with Crippen molar-refractivity contribution in [2.75, 3.05) is 30.3 Å². The minimum absolute atomic E-state index is 0.00150. The van der Waals surface area contributed by atoms with E-state index < -0.39 is 0 Å². The Morgan fingerprint density at radius 2 is 1.73 bits per heavy atom. The van der Waals surface area contributed by atoms with Crippen LogP contribution in [0.15, 0.2) is 42.5 Å². The topological polar surface area (TPSA) is 61.4 Å². The fourth-order valence-corrected chi connectivity index (χ4v) is 2.79. The van der Waals surface area contributed by atoms with Crippen molar-refractivity contribution in [3.8, 4) is 0 Å². The van der Waals surface area contributed by atoms with Crippen molar-refractivity contribution in [2.45, 2.75) is 27.7 Å². The molecule has 0 fully saturated rings. The molecule has 0 bridgehead atoms. The van der Waals surface area contributed by atoms with Gasteiger partial charge >= 0.3 is 0 Å².